The van der Waals surface area contributed by atoms with E-state index in [9.17, 15) is 19.8 Å². The Morgan fingerprint density at radius 1 is 1.18 bits per heavy atom. The first kappa shape index (κ1) is 26.5. The number of aromatic nitrogens is 1. The van der Waals surface area contributed by atoms with Gasteiger partial charge in [0.1, 0.15) is 11.9 Å². The van der Waals surface area contributed by atoms with Crippen molar-refractivity contribution >= 4 is 17.8 Å². The number of cyclic esters (lactones) is 1. The Kier molecular flexibility index (Phi) is 8.32. The maximum absolute atomic E-state index is 13.2. The zero-order chi connectivity index (χ0) is 25.1. The number of rotatable bonds is 2. The summed E-state index contributed by atoms with van der Waals surface area (Å²) >= 11 is 0. The topological polar surface area (TPSA) is 109 Å². The minimum Gasteiger partial charge on any atom is -0.458 e. The van der Waals surface area contributed by atoms with Gasteiger partial charge in [0.25, 0.3) is 0 Å². The van der Waals surface area contributed by atoms with Crippen LogP contribution in [-0.4, -0.2) is 57.0 Å². The van der Waals surface area contributed by atoms with E-state index in [4.69, 9.17) is 9.47 Å². The molecule has 0 unspecified atom stereocenters. The van der Waals surface area contributed by atoms with E-state index in [0.29, 0.717) is 6.42 Å². The number of fused-ring (bicyclic) bond motifs is 1. The van der Waals surface area contributed by atoms with Gasteiger partial charge in [0.2, 0.25) is 0 Å². The minimum atomic E-state index is -1.23. The lowest BCUT2D eigenvalue weighted by atomic mass is 9.73. The fourth-order valence-corrected chi connectivity index (χ4v) is 4.85. The summed E-state index contributed by atoms with van der Waals surface area (Å²) < 4.78 is 11.7. The van der Waals surface area contributed by atoms with Crippen molar-refractivity contribution in [1.29, 1.82) is 0 Å². The maximum Gasteiger partial charge on any atom is 0.309 e. The van der Waals surface area contributed by atoms with Crippen molar-refractivity contribution in [2.75, 3.05) is 0 Å². The highest BCUT2D eigenvalue weighted by Crippen LogP contribution is 2.44. The second-order valence-corrected chi connectivity index (χ2v) is 10.8. The van der Waals surface area contributed by atoms with E-state index in [-0.39, 0.29) is 29.8 Å². The number of ether oxygens (including phenoxy) is 2. The summed E-state index contributed by atoms with van der Waals surface area (Å²) in [6.07, 6.45) is 7.13. The number of aliphatic hydroxyl groups excluding tert-OH is 2. The molecule has 2 aliphatic heterocycles. The lowest BCUT2D eigenvalue weighted by Gasteiger charge is -2.34. The second-order valence-electron chi connectivity index (χ2n) is 10.8. The van der Waals surface area contributed by atoms with Gasteiger partial charge in [-0.1, -0.05) is 46.3 Å². The molecule has 0 radical (unpaired) electrons. The predicted molar refractivity (Wildman–Crippen MR) is 129 cm³/mol. The van der Waals surface area contributed by atoms with Gasteiger partial charge in [-0.2, -0.15) is 0 Å². The molecule has 0 saturated carbocycles. The molecule has 7 atom stereocenters. The van der Waals surface area contributed by atoms with Gasteiger partial charge in [0.05, 0.1) is 35.7 Å². The number of nitrogens with zero attached hydrogens (tertiary/aromatic N) is 1. The Hall–Kier alpha value is -2.09. The number of epoxide rings is 1. The van der Waals surface area contributed by atoms with E-state index in [1.165, 1.54) is 0 Å². The normalized spacial score (nSPS) is 37.7. The number of hydrogen-bond donors (Lipinski definition) is 2. The van der Waals surface area contributed by atoms with Crippen molar-refractivity contribution in [3.8, 4) is 0 Å². The average molecular weight is 474 g/mol. The zero-order valence-electron chi connectivity index (χ0n) is 20.9. The van der Waals surface area contributed by atoms with E-state index in [1.807, 2.05) is 31.2 Å². The van der Waals surface area contributed by atoms with Crippen LogP contribution in [0.5, 0.6) is 0 Å². The van der Waals surface area contributed by atoms with Crippen LogP contribution in [0.3, 0.4) is 0 Å². The van der Waals surface area contributed by atoms with Gasteiger partial charge >= 0.3 is 5.97 Å². The Morgan fingerprint density at radius 3 is 2.59 bits per heavy atom. The molecule has 0 bridgehead atoms. The average Bonchev–Trinajstić information content (AvgIpc) is 3.44. The van der Waals surface area contributed by atoms with E-state index in [1.54, 1.807) is 33.2 Å². The van der Waals surface area contributed by atoms with Gasteiger partial charge < -0.3 is 19.7 Å². The van der Waals surface area contributed by atoms with Gasteiger partial charge in [-0.05, 0) is 43.4 Å². The van der Waals surface area contributed by atoms with Crippen LogP contribution in [0, 0.1) is 17.3 Å². The summed E-state index contributed by atoms with van der Waals surface area (Å²) in [5, 5.41) is 21.6. The Labute approximate surface area is 202 Å². The molecule has 2 N–H and O–H groups in total. The van der Waals surface area contributed by atoms with Crippen LogP contribution < -0.4 is 0 Å². The summed E-state index contributed by atoms with van der Waals surface area (Å²) in [6.45, 7) is 8.94. The quantitative estimate of drug-likeness (QED) is 0.498. The highest BCUT2D eigenvalue weighted by atomic mass is 16.6. The third-order valence-electron chi connectivity index (χ3n) is 7.62. The molecule has 3 heterocycles. The molecule has 1 aromatic heterocycles. The molecule has 2 fully saturated rings. The molecule has 0 aliphatic carbocycles. The highest BCUT2D eigenvalue weighted by Gasteiger charge is 2.52. The highest BCUT2D eigenvalue weighted by molar-refractivity contribution is 5.88. The molecule has 188 valence electrons. The van der Waals surface area contributed by atoms with Crippen LogP contribution in [0.4, 0.5) is 0 Å². The summed E-state index contributed by atoms with van der Waals surface area (Å²) in [7, 11) is 0. The fraction of sp³-hybridized carbons (Fsp3) is 0.667. The molecule has 0 aromatic carbocycles. The Balaban J connectivity index is 1.81. The van der Waals surface area contributed by atoms with Crippen molar-refractivity contribution in [1.82, 2.24) is 4.98 Å². The molecule has 0 spiro atoms. The maximum atomic E-state index is 13.2. The molecule has 2 saturated heterocycles. The van der Waals surface area contributed by atoms with Gasteiger partial charge in [-0.25, -0.2) is 0 Å². The SMILES string of the molecule is C[C@H]1CCC[C@@]2(C)O[C@H]2C[C@@H](C=Cc2cccnc2)OC(=O)C[C@H](O)C(C)(C)C(=O)[C@H](C)[C@H]1O. The van der Waals surface area contributed by atoms with Crippen molar-refractivity contribution in [2.24, 2.45) is 17.3 Å². The number of carbonyl (C=O) groups excluding carboxylic acids is 2. The van der Waals surface area contributed by atoms with Crippen LogP contribution in [0.1, 0.15) is 72.3 Å². The van der Waals surface area contributed by atoms with Crippen molar-refractivity contribution < 1.29 is 29.3 Å². The number of ketones is 1. The largest absolute Gasteiger partial charge is 0.458 e. The summed E-state index contributed by atoms with van der Waals surface area (Å²) in [5.74, 6) is -1.56. The lowest BCUT2D eigenvalue weighted by molar-refractivity contribution is -0.154. The standard InChI is InChI=1S/C27H39NO6/c1-17-8-6-12-27(5)22(34-27)14-20(11-10-19-9-7-13-28-16-19)33-23(30)15-21(29)26(3,4)25(32)18(2)24(17)31/h7,9-11,13,16-18,20-22,24,29,31H,6,8,12,14-15H2,1-5H3/t17-,18+,20+,21-,22-,24-,27+/m0/s1. The van der Waals surface area contributed by atoms with Gasteiger partial charge in [-0.3, -0.25) is 14.6 Å². The predicted octanol–water partition coefficient (Wildman–Crippen LogP) is 3.72. The van der Waals surface area contributed by atoms with Crippen LogP contribution in [-0.2, 0) is 19.1 Å². The number of hydrogen-bond acceptors (Lipinski definition) is 7. The Morgan fingerprint density at radius 2 is 1.91 bits per heavy atom. The number of carbonyl (C=O) groups is 2. The first-order valence-corrected chi connectivity index (χ1v) is 12.3. The summed E-state index contributed by atoms with van der Waals surface area (Å²) in [6, 6.07) is 3.74. The monoisotopic (exact) mass is 473 g/mol. The third kappa shape index (κ3) is 6.32. The summed E-state index contributed by atoms with van der Waals surface area (Å²) in [5.41, 5.74) is -0.606. The van der Waals surface area contributed by atoms with E-state index in [0.717, 1.165) is 24.8 Å². The zero-order valence-corrected chi connectivity index (χ0v) is 20.9. The molecular weight excluding hydrogens is 434 g/mol. The number of Topliss-reactive ketones (excluding diaryl/α,β-unsaturated/α-hetero) is 1. The Bertz CT molecular complexity index is 884. The van der Waals surface area contributed by atoms with Crippen LogP contribution in [0.15, 0.2) is 30.6 Å². The van der Waals surface area contributed by atoms with Crippen LogP contribution >= 0.6 is 0 Å². The van der Waals surface area contributed by atoms with Gasteiger partial charge in [0, 0.05) is 24.7 Å². The van der Waals surface area contributed by atoms with E-state index < -0.39 is 35.6 Å². The molecule has 2 aliphatic rings. The van der Waals surface area contributed by atoms with Crippen LogP contribution in [0.25, 0.3) is 6.08 Å². The first-order valence-electron chi connectivity index (χ1n) is 12.3. The lowest BCUT2D eigenvalue weighted by Crippen LogP contribution is -2.45. The van der Waals surface area contributed by atoms with Crippen molar-refractivity contribution in [3.63, 3.8) is 0 Å². The number of pyridine rings is 1. The number of esters is 1. The third-order valence-corrected chi connectivity index (χ3v) is 7.62. The first-order chi connectivity index (χ1) is 15.9. The molecule has 0 amide bonds. The minimum absolute atomic E-state index is 0.0427. The van der Waals surface area contributed by atoms with Crippen molar-refractivity contribution in [3.05, 3.63) is 36.2 Å². The molecule has 3 rings (SSSR count). The van der Waals surface area contributed by atoms with Gasteiger partial charge in [0.15, 0.2) is 0 Å². The smallest absolute Gasteiger partial charge is 0.309 e. The molecule has 7 heteroatoms. The molecule has 7 nitrogen and oxygen atoms in total. The fourth-order valence-electron chi connectivity index (χ4n) is 4.85. The van der Waals surface area contributed by atoms with Gasteiger partial charge in [-0.15, -0.1) is 0 Å². The second kappa shape index (κ2) is 10.7. The summed E-state index contributed by atoms with van der Waals surface area (Å²) in [4.78, 5) is 30.0. The molecule has 34 heavy (non-hydrogen) atoms. The molecular formula is C27H39NO6. The van der Waals surface area contributed by atoms with Crippen molar-refractivity contribution in [2.45, 2.75) is 96.7 Å². The van der Waals surface area contributed by atoms with Crippen LogP contribution in [0.2, 0.25) is 0 Å². The molecule has 1 aromatic rings. The van der Waals surface area contributed by atoms with E-state index >= 15 is 0 Å². The van der Waals surface area contributed by atoms with E-state index in [2.05, 4.69) is 11.9 Å². The number of aliphatic hydroxyl groups is 2.